The monoisotopic (exact) mass is 196 g/mol. The second-order valence-corrected chi connectivity index (χ2v) is 3.62. The Morgan fingerprint density at radius 3 is 2.86 bits per heavy atom. The number of hydrogen-bond acceptors (Lipinski definition) is 2. The third kappa shape index (κ3) is 2.13. The van der Waals surface area contributed by atoms with Crippen molar-refractivity contribution in [1.82, 2.24) is 9.80 Å². The van der Waals surface area contributed by atoms with Gasteiger partial charge in [0.25, 0.3) is 0 Å². The number of hydrogen-bond donors (Lipinski definition) is 0. The molecule has 78 valence electrons. The smallest absolute Gasteiger partial charge is 0.246 e. The molecule has 1 unspecified atom stereocenters. The van der Waals surface area contributed by atoms with Crippen LogP contribution in [0.2, 0.25) is 0 Å². The second kappa shape index (κ2) is 4.26. The molecular formula is C10H16N2O2. The Morgan fingerprint density at radius 2 is 2.36 bits per heavy atom. The van der Waals surface area contributed by atoms with Crippen molar-refractivity contribution in [3.63, 3.8) is 0 Å². The number of likely N-dealkylation sites (tertiary alicyclic amines) is 1. The van der Waals surface area contributed by atoms with E-state index in [2.05, 4.69) is 6.58 Å². The van der Waals surface area contributed by atoms with Crippen LogP contribution in [0, 0.1) is 0 Å². The van der Waals surface area contributed by atoms with Crippen molar-refractivity contribution in [1.29, 1.82) is 0 Å². The van der Waals surface area contributed by atoms with Crippen LogP contribution in [0.25, 0.3) is 0 Å². The molecule has 0 aromatic rings. The number of piperidine rings is 1. The fraction of sp³-hybridized carbons (Fsp3) is 0.600. The van der Waals surface area contributed by atoms with Gasteiger partial charge in [-0.2, -0.15) is 0 Å². The van der Waals surface area contributed by atoms with Crippen molar-refractivity contribution in [3.05, 3.63) is 12.7 Å². The lowest BCUT2D eigenvalue weighted by Crippen LogP contribution is -2.48. The Kier molecular flexibility index (Phi) is 3.28. The summed E-state index contributed by atoms with van der Waals surface area (Å²) in [7, 11) is 3.51. The van der Waals surface area contributed by atoms with Gasteiger partial charge in [-0.05, 0) is 12.5 Å². The van der Waals surface area contributed by atoms with Crippen molar-refractivity contribution in [2.24, 2.45) is 0 Å². The summed E-state index contributed by atoms with van der Waals surface area (Å²) in [6.07, 6.45) is 2.58. The highest BCUT2D eigenvalue weighted by Crippen LogP contribution is 2.14. The van der Waals surface area contributed by atoms with E-state index >= 15 is 0 Å². The third-order valence-corrected chi connectivity index (χ3v) is 2.67. The van der Waals surface area contributed by atoms with Gasteiger partial charge in [-0.25, -0.2) is 0 Å². The molecule has 1 aliphatic rings. The molecule has 0 radical (unpaired) electrons. The summed E-state index contributed by atoms with van der Waals surface area (Å²) < 4.78 is 0. The second-order valence-electron chi connectivity index (χ2n) is 3.62. The summed E-state index contributed by atoms with van der Waals surface area (Å²) in [5.41, 5.74) is 0. The fourth-order valence-electron chi connectivity index (χ4n) is 1.63. The Bertz CT molecular complexity index is 263. The lowest BCUT2D eigenvalue weighted by molar-refractivity contribution is -0.137. The van der Waals surface area contributed by atoms with Crippen LogP contribution in [0.15, 0.2) is 12.7 Å². The number of carbonyl (C=O) groups is 2. The van der Waals surface area contributed by atoms with Gasteiger partial charge in [0, 0.05) is 33.1 Å². The fourth-order valence-corrected chi connectivity index (χ4v) is 1.63. The molecular weight excluding hydrogens is 180 g/mol. The van der Waals surface area contributed by atoms with Gasteiger partial charge < -0.3 is 9.80 Å². The van der Waals surface area contributed by atoms with E-state index in [0.717, 1.165) is 6.42 Å². The van der Waals surface area contributed by atoms with Crippen molar-refractivity contribution in [2.75, 3.05) is 20.6 Å². The lowest BCUT2D eigenvalue weighted by Gasteiger charge is -2.35. The topological polar surface area (TPSA) is 40.6 Å². The highest BCUT2D eigenvalue weighted by molar-refractivity contribution is 5.87. The molecule has 1 atom stereocenters. The average Bonchev–Trinajstić information content (AvgIpc) is 2.20. The molecule has 14 heavy (non-hydrogen) atoms. The summed E-state index contributed by atoms with van der Waals surface area (Å²) in [6, 6.07) is 0.128. The highest BCUT2D eigenvalue weighted by Gasteiger charge is 2.27. The summed E-state index contributed by atoms with van der Waals surface area (Å²) in [4.78, 5) is 25.8. The molecule has 4 nitrogen and oxygen atoms in total. The molecule has 1 aliphatic heterocycles. The number of amides is 2. The van der Waals surface area contributed by atoms with Gasteiger partial charge in [0.1, 0.15) is 0 Å². The summed E-state index contributed by atoms with van der Waals surface area (Å²) in [5, 5.41) is 0. The predicted molar refractivity (Wildman–Crippen MR) is 53.6 cm³/mol. The van der Waals surface area contributed by atoms with Gasteiger partial charge in [-0.3, -0.25) is 9.59 Å². The molecule has 0 aromatic heterocycles. The first-order chi connectivity index (χ1) is 6.56. The Balaban J connectivity index is 2.58. The van der Waals surface area contributed by atoms with E-state index in [-0.39, 0.29) is 17.9 Å². The van der Waals surface area contributed by atoms with Crippen molar-refractivity contribution in [3.8, 4) is 0 Å². The van der Waals surface area contributed by atoms with Crippen LogP contribution in [0.3, 0.4) is 0 Å². The molecule has 0 aliphatic carbocycles. The zero-order valence-electron chi connectivity index (χ0n) is 8.69. The summed E-state index contributed by atoms with van der Waals surface area (Å²) in [6.45, 7) is 4.06. The minimum absolute atomic E-state index is 0.0854. The first-order valence-corrected chi connectivity index (χ1v) is 4.69. The maximum Gasteiger partial charge on any atom is 0.246 e. The number of rotatable bonds is 2. The van der Waals surface area contributed by atoms with Crippen molar-refractivity contribution in [2.45, 2.75) is 18.9 Å². The molecule has 0 bridgehead atoms. The molecule has 0 saturated carbocycles. The number of carbonyl (C=O) groups excluding carboxylic acids is 2. The van der Waals surface area contributed by atoms with Crippen molar-refractivity contribution >= 4 is 11.8 Å². The number of nitrogens with zero attached hydrogens (tertiary/aromatic N) is 2. The molecule has 0 spiro atoms. The van der Waals surface area contributed by atoms with Crippen LogP contribution in [-0.2, 0) is 9.59 Å². The van der Waals surface area contributed by atoms with Crippen molar-refractivity contribution < 1.29 is 9.59 Å². The molecule has 1 heterocycles. The molecule has 0 aromatic carbocycles. The van der Waals surface area contributed by atoms with Crippen LogP contribution >= 0.6 is 0 Å². The first-order valence-electron chi connectivity index (χ1n) is 4.69. The largest absolute Gasteiger partial charge is 0.344 e. The van der Waals surface area contributed by atoms with Gasteiger partial charge in [0.05, 0.1) is 0 Å². The zero-order valence-corrected chi connectivity index (χ0v) is 8.69. The summed E-state index contributed by atoms with van der Waals surface area (Å²) >= 11 is 0. The van der Waals surface area contributed by atoms with E-state index < -0.39 is 0 Å². The quantitative estimate of drug-likeness (QED) is 0.594. The van der Waals surface area contributed by atoms with E-state index in [9.17, 15) is 9.59 Å². The molecule has 2 amide bonds. The Hall–Kier alpha value is -1.32. The Morgan fingerprint density at radius 1 is 1.71 bits per heavy atom. The SMILES string of the molecule is C=CC(=O)N(C)C1CCC(=O)N(C)C1. The van der Waals surface area contributed by atoms with Crippen LogP contribution in [0.5, 0.6) is 0 Å². The van der Waals surface area contributed by atoms with Gasteiger partial charge in [-0.15, -0.1) is 0 Å². The maximum atomic E-state index is 11.3. The van der Waals surface area contributed by atoms with E-state index in [4.69, 9.17) is 0 Å². The van der Waals surface area contributed by atoms with Crippen LogP contribution in [0.4, 0.5) is 0 Å². The van der Waals surface area contributed by atoms with E-state index in [1.54, 1.807) is 23.9 Å². The number of likely N-dealkylation sites (N-methyl/N-ethyl adjacent to an activating group) is 2. The van der Waals surface area contributed by atoms with Crippen LogP contribution in [0.1, 0.15) is 12.8 Å². The lowest BCUT2D eigenvalue weighted by atomic mass is 10.0. The molecule has 4 heteroatoms. The summed E-state index contributed by atoms with van der Waals surface area (Å²) in [5.74, 6) is 0.0680. The zero-order chi connectivity index (χ0) is 10.7. The first kappa shape index (κ1) is 10.8. The van der Waals surface area contributed by atoms with Crippen LogP contribution < -0.4 is 0 Å². The average molecular weight is 196 g/mol. The minimum Gasteiger partial charge on any atom is -0.344 e. The highest BCUT2D eigenvalue weighted by atomic mass is 16.2. The minimum atomic E-state index is -0.0854. The standard InChI is InChI=1S/C10H16N2O2/c1-4-9(13)12(3)8-5-6-10(14)11(2)7-8/h4,8H,1,5-7H2,2-3H3. The van der Waals surface area contributed by atoms with E-state index in [0.29, 0.717) is 13.0 Å². The predicted octanol–water partition coefficient (Wildman–Crippen LogP) is 0.252. The van der Waals surface area contributed by atoms with Gasteiger partial charge in [0.2, 0.25) is 11.8 Å². The maximum absolute atomic E-state index is 11.3. The van der Waals surface area contributed by atoms with Crippen LogP contribution in [-0.4, -0.2) is 48.3 Å². The van der Waals surface area contributed by atoms with Gasteiger partial charge in [-0.1, -0.05) is 6.58 Å². The van der Waals surface area contributed by atoms with E-state index in [1.807, 2.05) is 0 Å². The third-order valence-electron chi connectivity index (χ3n) is 2.67. The van der Waals surface area contributed by atoms with Gasteiger partial charge >= 0.3 is 0 Å². The normalized spacial score (nSPS) is 22.0. The Labute approximate surface area is 84.2 Å². The molecule has 1 fully saturated rings. The molecule has 1 saturated heterocycles. The molecule has 1 rings (SSSR count). The van der Waals surface area contributed by atoms with E-state index in [1.165, 1.54) is 6.08 Å². The van der Waals surface area contributed by atoms with Gasteiger partial charge in [0.15, 0.2) is 0 Å². The molecule has 0 N–H and O–H groups in total.